The van der Waals surface area contributed by atoms with Gasteiger partial charge in [0.25, 0.3) is 0 Å². The topological polar surface area (TPSA) is 173 Å². The Bertz CT molecular complexity index is 609. The summed E-state index contributed by atoms with van der Waals surface area (Å²) >= 11 is 0. The van der Waals surface area contributed by atoms with E-state index >= 15 is 0 Å². The van der Waals surface area contributed by atoms with Gasteiger partial charge in [0.2, 0.25) is 0 Å². The van der Waals surface area contributed by atoms with Gasteiger partial charge in [0, 0.05) is 65.4 Å². The second kappa shape index (κ2) is 16.2. The molecule has 12 nitrogen and oxygen atoms in total. The predicted octanol–water partition coefficient (Wildman–Crippen LogP) is -7.98. The predicted molar refractivity (Wildman–Crippen MR) is 105 cm³/mol. The Labute approximate surface area is 208 Å². The molecule has 180 valence electrons. The van der Waals surface area contributed by atoms with Gasteiger partial charge in [0.1, 0.15) is 0 Å². The minimum Gasteiger partial charge on any atom is -0.854 e. The largest absolute Gasteiger partial charge is 1.00 e. The van der Waals surface area contributed by atoms with Crippen molar-refractivity contribution in [2.45, 2.75) is 0 Å². The minimum absolute atomic E-state index is 0. The van der Waals surface area contributed by atoms with Crippen LogP contribution < -0.4 is 39.8 Å². The molecule has 0 saturated carbocycles. The molecule has 15 heteroatoms. The molecule has 0 aromatic rings. The van der Waals surface area contributed by atoms with Crippen LogP contribution in [0.1, 0.15) is 0 Å². The molecule has 0 aromatic heterocycles. The van der Waals surface area contributed by atoms with Crippen LogP contribution in [0.4, 0.5) is 0 Å². The summed E-state index contributed by atoms with van der Waals surface area (Å²) in [5.74, 6) is -0.650. The molecule has 0 bridgehead atoms. The van der Waals surface area contributed by atoms with Gasteiger partial charge in [-0.25, -0.2) is 16.8 Å². The van der Waals surface area contributed by atoms with E-state index in [9.17, 15) is 36.2 Å². The molecule has 0 radical (unpaired) electrons. The van der Waals surface area contributed by atoms with Gasteiger partial charge >= 0.3 is 29.6 Å². The summed E-state index contributed by atoms with van der Waals surface area (Å²) < 4.78 is 62.4. The first-order valence-corrected chi connectivity index (χ1v) is 13.1. The minimum atomic E-state index is -4.10. The zero-order valence-corrected chi connectivity index (χ0v) is 21.8. The van der Waals surface area contributed by atoms with E-state index in [-0.39, 0.29) is 54.3 Å². The second-order valence-corrected chi connectivity index (χ2v) is 10.3. The van der Waals surface area contributed by atoms with E-state index in [1.54, 1.807) is 0 Å². The van der Waals surface area contributed by atoms with E-state index in [0.717, 1.165) is 52.4 Å². The molecule has 2 heterocycles. The van der Waals surface area contributed by atoms with Crippen molar-refractivity contribution in [1.82, 2.24) is 19.6 Å². The van der Waals surface area contributed by atoms with Gasteiger partial charge in [-0.05, 0) is 13.1 Å². The molecule has 2 aliphatic heterocycles. The molecule has 2 rings (SSSR count). The summed E-state index contributed by atoms with van der Waals surface area (Å²) in [6.07, 6.45) is 0. The standard InChI is InChI=1S/2C8H17N2O4S.Na/c2*11-7-5-9-1-3-10(4-2-9)6-8-15(12,13)14;/h2*1-8H2,(H,12,13,14);/q2*-1;+1/p-2. The van der Waals surface area contributed by atoms with E-state index in [4.69, 9.17) is 0 Å². The third-order valence-corrected chi connectivity index (χ3v) is 6.43. The van der Waals surface area contributed by atoms with Crippen LogP contribution >= 0.6 is 0 Å². The fraction of sp³-hybridized carbons (Fsp3) is 1.00. The Morgan fingerprint density at radius 3 is 0.935 bits per heavy atom. The van der Waals surface area contributed by atoms with Gasteiger partial charge in [-0.3, -0.25) is 9.80 Å². The molecule has 0 unspecified atom stereocenters. The number of rotatable bonds is 10. The van der Waals surface area contributed by atoms with Crippen LogP contribution in [0.2, 0.25) is 0 Å². The van der Waals surface area contributed by atoms with Crippen molar-refractivity contribution in [3.63, 3.8) is 0 Å². The second-order valence-electron chi connectivity index (χ2n) is 7.30. The zero-order valence-electron chi connectivity index (χ0n) is 18.2. The molecular formula is C16H32N4NaO8S2-3. The van der Waals surface area contributed by atoms with Crippen molar-refractivity contribution in [3.8, 4) is 0 Å². The normalized spacial score (nSPS) is 20.0. The molecule has 2 aliphatic rings. The van der Waals surface area contributed by atoms with Crippen LogP contribution in [0, 0.1) is 0 Å². The zero-order chi connectivity index (χ0) is 22.6. The third-order valence-electron chi connectivity index (χ3n) is 5.06. The molecular weight excluding hydrogens is 463 g/mol. The van der Waals surface area contributed by atoms with E-state index in [1.807, 2.05) is 9.80 Å². The van der Waals surface area contributed by atoms with Crippen molar-refractivity contribution in [3.05, 3.63) is 0 Å². The fourth-order valence-electron chi connectivity index (χ4n) is 3.21. The molecule has 2 saturated heterocycles. The Hall–Kier alpha value is 0.580. The molecule has 0 spiro atoms. The molecule has 0 N–H and O–H groups in total. The molecule has 31 heavy (non-hydrogen) atoms. The Kier molecular flexibility index (Phi) is 16.6. The van der Waals surface area contributed by atoms with Gasteiger partial charge in [0.15, 0.2) is 0 Å². The smallest absolute Gasteiger partial charge is 0.854 e. The van der Waals surface area contributed by atoms with Crippen LogP contribution in [0.15, 0.2) is 0 Å². The summed E-state index contributed by atoms with van der Waals surface area (Å²) in [6.45, 7) is 7.54. The number of nitrogens with zero attached hydrogens (tertiary/aromatic N) is 4. The van der Waals surface area contributed by atoms with Crippen molar-refractivity contribution >= 4 is 20.2 Å². The molecule has 0 atom stereocenters. The van der Waals surface area contributed by atoms with Gasteiger partial charge in [0.05, 0.1) is 31.7 Å². The number of hydrogen-bond donors (Lipinski definition) is 0. The van der Waals surface area contributed by atoms with Gasteiger partial charge in [-0.2, -0.15) is 0 Å². The summed E-state index contributed by atoms with van der Waals surface area (Å²) in [5, 5.41) is 20.7. The third kappa shape index (κ3) is 16.8. The van der Waals surface area contributed by atoms with Crippen LogP contribution in [0.25, 0.3) is 0 Å². The fourth-order valence-corrected chi connectivity index (χ4v) is 4.18. The van der Waals surface area contributed by atoms with E-state index in [2.05, 4.69) is 9.80 Å². The van der Waals surface area contributed by atoms with E-state index in [0.29, 0.717) is 26.2 Å². The van der Waals surface area contributed by atoms with Crippen molar-refractivity contribution in [1.29, 1.82) is 0 Å². The van der Waals surface area contributed by atoms with Crippen LogP contribution in [0.5, 0.6) is 0 Å². The van der Waals surface area contributed by atoms with Crippen molar-refractivity contribution in [2.75, 3.05) is 103 Å². The molecule has 0 amide bonds. The maximum absolute atomic E-state index is 10.4. The maximum Gasteiger partial charge on any atom is 1.00 e. The van der Waals surface area contributed by atoms with Crippen molar-refractivity contribution in [2.24, 2.45) is 0 Å². The number of hydrogen-bond acceptors (Lipinski definition) is 12. The number of piperazine rings is 2. The van der Waals surface area contributed by atoms with Crippen molar-refractivity contribution < 1.29 is 65.7 Å². The molecule has 0 aromatic carbocycles. The van der Waals surface area contributed by atoms with Crippen LogP contribution in [-0.4, -0.2) is 149 Å². The average molecular weight is 496 g/mol. The SMILES string of the molecule is O=S(=O)([O-])CCN1CCN(CC[O-])CC1.O=S(=O)([O-])CCN1CCN(CC[O-])CC1.[Na+]. The quantitative estimate of drug-likeness (QED) is 0.207. The summed E-state index contributed by atoms with van der Waals surface area (Å²) in [7, 11) is -8.21. The first-order chi connectivity index (χ1) is 14.0. The van der Waals surface area contributed by atoms with E-state index in [1.165, 1.54) is 0 Å². The van der Waals surface area contributed by atoms with Gasteiger partial charge in [-0.15, -0.1) is 13.2 Å². The van der Waals surface area contributed by atoms with Crippen LogP contribution in [-0.2, 0) is 20.2 Å². The summed E-state index contributed by atoms with van der Waals surface area (Å²) in [4.78, 5) is 7.98. The first-order valence-electron chi connectivity index (χ1n) is 9.95. The Morgan fingerprint density at radius 1 is 0.516 bits per heavy atom. The first kappa shape index (κ1) is 31.6. The Morgan fingerprint density at radius 2 is 0.742 bits per heavy atom. The van der Waals surface area contributed by atoms with Crippen LogP contribution in [0.3, 0.4) is 0 Å². The average Bonchev–Trinajstić information content (AvgIpc) is 2.67. The maximum atomic E-state index is 10.4. The van der Waals surface area contributed by atoms with E-state index < -0.39 is 20.2 Å². The summed E-state index contributed by atoms with van der Waals surface area (Å²) in [6, 6.07) is 0. The Balaban J connectivity index is 0.000000562. The van der Waals surface area contributed by atoms with Gasteiger partial charge < -0.3 is 29.1 Å². The molecule has 0 aliphatic carbocycles. The molecule has 2 fully saturated rings. The monoisotopic (exact) mass is 495 g/mol. The van der Waals surface area contributed by atoms with Gasteiger partial charge in [-0.1, -0.05) is 0 Å². The summed E-state index contributed by atoms with van der Waals surface area (Å²) in [5.41, 5.74) is 0.